The van der Waals surface area contributed by atoms with Crippen LogP contribution >= 0.6 is 15.9 Å². The summed E-state index contributed by atoms with van der Waals surface area (Å²) >= 11 is 2.90. The monoisotopic (exact) mass is 278 g/mol. The number of hydrogen-bond acceptors (Lipinski definition) is 3. The van der Waals surface area contributed by atoms with Crippen LogP contribution in [0, 0.1) is 5.82 Å². The molecule has 1 unspecified atom stereocenters. The zero-order valence-corrected chi connectivity index (χ0v) is 9.28. The van der Waals surface area contributed by atoms with Gasteiger partial charge >= 0.3 is 5.97 Å². The van der Waals surface area contributed by atoms with Gasteiger partial charge < -0.3 is 14.9 Å². The maximum Gasteiger partial charge on any atom is 0.337 e. The highest BCUT2D eigenvalue weighted by Crippen LogP contribution is 2.29. The normalized spacial score (nSPS) is 12.3. The fourth-order valence-electron chi connectivity index (χ4n) is 1.03. The molecular formula is C9H8BrFO4. The van der Waals surface area contributed by atoms with Crippen molar-refractivity contribution in [2.24, 2.45) is 0 Å². The van der Waals surface area contributed by atoms with Gasteiger partial charge in [0.15, 0.2) is 6.10 Å². The van der Waals surface area contributed by atoms with E-state index in [9.17, 15) is 14.3 Å². The van der Waals surface area contributed by atoms with Crippen LogP contribution in [0.25, 0.3) is 0 Å². The molecule has 82 valence electrons. The number of aliphatic carboxylic acids is 1. The van der Waals surface area contributed by atoms with Gasteiger partial charge in [0.25, 0.3) is 0 Å². The number of carbonyl (C=O) groups is 1. The number of methoxy groups -OCH3 is 1. The molecule has 0 heterocycles. The Kier molecular flexibility index (Phi) is 3.65. The van der Waals surface area contributed by atoms with Crippen molar-refractivity contribution in [2.45, 2.75) is 6.10 Å². The van der Waals surface area contributed by atoms with Crippen molar-refractivity contribution in [1.29, 1.82) is 0 Å². The van der Waals surface area contributed by atoms with Crippen molar-refractivity contribution < 1.29 is 24.1 Å². The summed E-state index contributed by atoms with van der Waals surface area (Å²) in [6.07, 6.45) is -1.91. The number of rotatable bonds is 3. The first-order chi connectivity index (χ1) is 6.97. The summed E-state index contributed by atoms with van der Waals surface area (Å²) in [5.74, 6) is -2.07. The summed E-state index contributed by atoms with van der Waals surface area (Å²) in [6, 6.07) is 2.48. The van der Waals surface area contributed by atoms with Crippen LogP contribution in [0.15, 0.2) is 16.6 Å². The Hall–Kier alpha value is -1.14. The largest absolute Gasteiger partial charge is 0.497 e. The molecule has 1 rings (SSSR count). The second-order valence-corrected chi connectivity index (χ2v) is 3.61. The molecular weight excluding hydrogens is 271 g/mol. The van der Waals surface area contributed by atoms with E-state index >= 15 is 0 Å². The number of benzene rings is 1. The summed E-state index contributed by atoms with van der Waals surface area (Å²) < 4.78 is 18.3. The number of carboxylic acids is 1. The van der Waals surface area contributed by atoms with Crippen molar-refractivity contribution in [3.8, 4) is 5.75 Å². The number of hydrogen-bond donors (Lipinski definition) is 2. The number of ether oxygens (including phenoxy) is 1. The van der Waals surface area contributed by atoms with E-state index in [2.05, 4.69) is 15.9 Å². The van der Waals surface area contributed by atoms with E-state index < -0.39 is 17.9 Å². The molecule has 0 spiro atoms. The van der Waals surface area contributed by atoms with Crippen molar-refractivity contribution in [3.05, 3.63) is 28.0 Å². The van der Waals surface area contributed by atoms with E-state index in [1.165, 1.54) is 13.2 Å². The highest BCUT2D eigenvalue weighted by molar-refractivity contribution is 9.10. The lowest BCUT2D eigenvalue weighted by Crippen LogP contribution is -2.12. The summed E-state index contributed by atoms with van der Waals surface area (Å²) in [7, 11) is 1.36. The zero-order valence-electron chi connectivity index (χ0n) is 7.70. The van der Waals surface area contributed by atoms with E-state index in [0.717, 1.165) is 6.07 Å². The summed E-state index contributed by atoms with van der Waals surface area (Å²) in [5.41, 5.74) is -0.339. The third kappa shape index (κ3) is 2.45. The van der Waals surface area contributed by atoms with E-state index in [1.54, 1.807) is 0 Å². The van der Waals surface area contributed by atoms with Gasteiger partial charge in [-0.3, -0.25) is 0 Å². The van der Waals surface area contributed by atoms with Gasteiger partial charge in [-0.1, -0.05) is 0 Å². The molecule has 0 fully saturated rings. The van der Waals surface area contributed by atoms with Crippen LogP contribution in [0.3, 0.4) is 0 Å². The molecule has 0 saturated carbocycles. The predicted octanol–water partition coefficient (Wildman–Crippen LogP) is 1.71. The van der Waals surface area contributed by atoms with E-state index in [0.29, 0.717) is 0 Å². The molecule has 1 aromatic carbocycles. The lowest BCUT2D eigenvalue weighted by molar-refractivity contribution is -0.147. The molecule has 1 aromatic rings. The van der Waals surface area contributed by atoms with Crippen molar-refractivity contribution in [1.82, 2.24) is 0 Å². The Morgan fingerprint density at radius 1 is 1.60 bits per heavy atom. The molecule has 1 atom stereocenters. The van der Waals surface area contributed by atoms with Gasteiger partial charge in [-0.15, -0.1) is 0 Å². The maximum atomic E-state index is 13.4. The molecule has 2 N–H and O–H groups in total. The summed E-state index contributed by atoms with van der Waals surface area (Å²) in [4.78, 5) is 10.5. The molecule has 6 heteroatoms. The second kappa shape index (κ2) is 4.59. The van der Waals surface area contributed by atoms with Crippen LogP contribution in [-0.4, -0.2) is 23.3 Å². The summed E-state index contributed by atoms with van der Waals surface area (Å²) in [5, 5.41) is 17.7. The summed E-state index contributed by atoms with van der Waals surface area (Å²) in [6.45, 7) is 0. The Bertz CT molecular complexity index is 394. The third-order valence-electron chi connectivity index (χ3n) is 1.79. The Morgan fingerprint density at radius 3 is 2.67 bits per heavy atom. The smallest absolute Gasteiger partial charge is 0.337 e. The van der Waals surface area contributed by atoms with Crippen molar-refractivity contribution >= 4 is 21.9 Å². The van der Waals surface area contributed by atoms with Crippen molar-refractivity contribution in [3.63, 3.8) is 0 Å². The van der Waals surface area contributed by atoms with Gasteiger partial charge in [0, 0.05) is 5.56 Å². The number of carboxylic acid groups (broad SMARTS) is 1. The van der Waals surface area contributed by atoms with Crippen LogP contribution in [0.2, 0.25) is 0 Å². The Morgan fingerprint density at radius 2 is 2.20 bits per heavy atom. The number of halogens is 2. The first kappa shape index (κ1) is 11.9. The van der Waals surface area contributed by atoms with E-state index in [-0.39, 0.29) is 15.8 Å². The lowest BCUT2D eigenvalue weighted by Gasteiger charge is -2.10. The molecule has 0 aliphatic rings. The lowest BCUT2D eigenvalue weighted by atomic mass is 10.1. The number of aliphatic hydroxyl groups is 1. The standard InChI is InChI=1S/C9H8BrFO4/c1-15-4-2-5(8(12)9(13)14)7(11)6(10)3-4/h2-3,8,12H,1H3,(H,13,14). The van der Waals surface area contributed by atoms with Gasteiger partial charge in [0.2, 0.25) is 0 Å². The van der Waals surface area contributed by atoms with Gasteiger partial charge in [-0.25, -0.2) is 9.18 Å². The average molecular weight is 279 g/mol. The minimum Gasteiger partial charge on any atom is -0.497 e. The average Bonchev–Trinajstić information content (AvgIpc) is 2.20. The fraction of sp³-hybridized carbons (Fsp3) is 0.222. The molecule has 0 aliphatic carbocycles. The van der Waals surface area contributed by atoms with Crippen LogP contribution in [-0.2, 0) is 4.79 Å². The second-order valence-electron chi connectivity index (χ2n) is 2.75. The molecule has 0 saturated heterocycles. The quantitative estimate of drug-likeness (QED) is 0.884. The van der Waals surface area contributed by atoms with Gasteiger partial charge in [-0.2, -0.15) is 0 Å². The van der Waals surface area contributed by atoms with Crippen LogP contribution in [0.1, 0.15) is 11.7 Å². The molecule has 4 nitrogen and oxygen atoms in total. The van der Waals surface area contributed by atoms with Gasteiger partial charge in [-0.05, 0) is 28.1 Å². The minimum absolute atomic E-state index is 0.0390. The van der Waals surface area contributed by atoms with E-state index in [4.69, 9.17) is 9.84 Å². The van der Waals surface area contributed by atoms with Crippen LogP contribution in [0.5, 0.6) is 5.75 Å². The van der Waals surface area contributed by atoms with Gasteiger partial charge in [0.05, 0.1) is 11.6 Å². The highest BCUT2D eigenvalue weighted by Gasteiger charge is 2.22. The fourth-order valence-corrected chi connectivity index (χ4v) is 1.49. The molecule has 15 heavy (non-hydrogen) atoms. The van der Waals surface area contributed by atoms with Crippen molar-refractivity contribution in [2.75, 3.05) is 7.11 Å². The van der Waals surface area contributed by atoms with E-state index in [1.807, 2.05) is 0 Å². The highest BCUT2D eigenvalue weighted by atomic mass is 79.9. The first-order valence-corrected chi connectivity index (χ1v) is 4.70. The third-order valence-corrected chi connectivity index (χ3v) is 2.37. The molecule has 0 bridgehead atoms. The zero-order chi connectivity index (χ0) is 11.6. The molecule has 0 amide bonds. The first-order valence-electron chi connectivity index (χ1n) is 3.91. The Labute approximate surface area is 93.4 Å². The Balaban J connectivity index is 3.27. The number of aliphatic hydroxyl groups excluding tert-OH is 1. The molecule has 0 aromatic heterocycles. The molecule has 0 aliphatic heterocycles. The van der Waals surface area contributed by atoms with Crippen LogP contribution in [0.4, 0.5) is 4.39 Å². The molecule has 0 radical (unpaired) electrons. The van der Waals surface area contributed by atoms with Gasteiger partial charge in [0.1, 0.15) is 11.6 Å². The SMILES string of the molecule is COc1cc(Br)c(F)c(C(O)C(=O)O)c1. The van der Waals surface area contributed by atoms with Crippen LogP contribution < -0.4 is 4.74 Å². The minimum atomic E-state index is -1.91. The topological polar surface area (TPSA) is 66.8 Å². The maximum absolute atomic E-state index is 13.4. The predicted molar refractivity (Wildman–Crippen MR) is 53.2 cm³/mol.